The van der Waals surface area contributed by atoms with Crippen LogP contribution in [0.3, 0.4) is 0 Å². The normalized spacial score (nSPS) is 14.8. The number of nitrogens with zero attached hydrogens (tertiary/aromatic N) is 1. The number of carbonyl (C=O) groups excluding carboxylic acids is 1. The Kier molecular flexibility index (Phi) is 5.23. The van der Waals surface area contributed by atoms with Gasteiger partial charge in [-0.05, 0) is 53.8 Å². The van der Waals surface area contributed by atoms with Gasteiger partial charge in [0.1, 0.15) is 11.3 Å². The zero-order chi connectivity index (χ0) is 22.4. The van der Waals surface area contributed by atoms with Gasteiger partial charge < -0.3 is 18.8 Å². The van der Waals surface area contributed by atoms with Crippen LogP contribution in [0.25, 0.3) is 22.6 Å². The molecule has 0 radical (unpaired) electrons. The Morgan fingerprint density at radius 1 is 1.19 bits per heavy atom. The number of rotatable bonds is 4. The summed E-state index contributed by atoms with van der Waals surface area (Å²) in [7, 11) is 1.28. The van der Waals surface area contributed by atoms with Crippen LogP contribution in [0.4, 0.5) is 0 Å². The van der Waals surface area contributed by atoms with Crippen LogP contribution in [-0.2, 0) is 11.2 Å². The van der Waals surface area contributed by atoms with Crippen molar-refractivity contribution in [2.75, 3.05) is 7.11 Å². The lowest BCUT2D eigenvalue weighted by molar-refractivity contribution is 0.0600. The topological polar surface area (TPSA) is 98.7 Å². The number of carbonyl (C=O) groups is 2. The molecule has 0 bridgehead atoms. The zero-order valence-corrected chi connectivity index (χ0v) is 17.9. The van der Waals surface area contributed by atoms with Gasteiger partial charge in [0.05, 0.1) is 18.4 Å². The molecule has 8 heteroatoms. The van der Waals surface area contributed by atoms with E-state index >= 15 is 0 Å². The predicted molar refractivity (Wildman–Crippen MR) is 115 cm³/mol. The molecule has 1 aliphatic heterocycles. The number of esters is 1. The maximum absolute atomic E-state index is 12.6. The fraction of sp³-hybridized carbons (Fsp3) is 0.261. The first-order valence-electron chi connectivity index (χ1n) is 9.72. The minimum Gasteiger partial charge on any atom is -0.477 e. The summed E-state index contributed by atoms with van der Waals surface area (Å²) >= 11 is 5.94. The van der Waals surface area contributed by atoms with Crippen LogP contribution >= 0.6 is 11.6 Å². The summed E-state index contributed by atoms with van der Waals surface area (Å²) in [5.41, 5.74) is 2.08. The minimum absolute atomic E-state index is 0.0711. The van der Waals surface area contributed by atoms with Crippen molar-refractivity contribution in [1.82, 2.24) is 4.57 Å². The highest BCUT2D eigenvalue weighted by Gasteiger charge is 2.30. The monoisotopic (exact) mass is 441 g/mol. The Morgan fingerprint density at radius 3 is 2.52 bits per heavy atom. The van der Waals surface area contributed by atoms with Crippen LogP contribution in [0, 0.1) is 5.92 Å². The van der Waals surface area contributed by atoms with E-state index in [9.17, 15) is 19.5 Å². The molecular weight excluding hydrogens is 422 g/mol. The van der Waals surface area contributed by atoms with E-state index in [0.717, 1.165) is 5.56 Å². The van der Waals surface area contributed by atoms with E-state index in [1.807, 2.05) is 24.5 Å². The van der Waals surface area contributed by atoms with Gasteiger partial charge >= 0.3 is 11.9 Å². The Balaban J connectivity index is 2.02. The maximum atomic E-state index is 12.6. The van der Waals surface area contributed by atoms with E-state index in [0.29, 0.717) is 29.0 Å². The van der Waals surface area contributed by atoms with Crippen LogP contribution < -0.4 is 5.43 Å². The van der Waals surface area contributed by atoms with Gasteiger partial charge in [-0.15, -0.1) is 0 Å². The number of carboxylic acid groups (broad SMARTS) is 1. The van der Waals surface area contributed by atoms with Crippen molar-refractivity contribution in [3.63, 3.8) is 0 Å². The number of pyridine rings is 1. The van der Waals surface area contributed by atoms with Crippen molar-refractivity contribution in [2.45, 2.75) is 26.3 Å². The number of benzene rings is 1. The molecule has 160 valence electrons. The van der Waals surface area contributed by atoms with Gasteiger partial charge in [0.15, 0.2) is 10.6 Å². The zero-order valence-electron chi connectivity index (χ0n) is 17.1. The molecule has 1 aliphatic rings. The predicted octanol–water partition coefficient (Wildman–Crippen LogP) is 4.67. The second-order valence-corrected chi connectivity index (χ2v) is 8.19. The average Bonchev–Trinajstić information content (AvgIpc) is 3.17. The molecule has 0 saturated heterocycles. The van der Waals surface area contributed by atoms with Crippen molar-refractivity contribution >= 4 is 23.5 Å². The molecule has 2 aromatic heterocycles. The molecule has 31 heavy (non-hydrogen) atoms. The van der Waals surface area contributed by atoms with Crippen LogP contribution in [0.1, 0.15) is 46.2 Å². The van der Waals surface area contributed by atoms with Gasteiger partial charge in [-0.25, -0.2) is 9.59 Å². The standard InChI is InChI=1S/C23H20ClNO6/c1-11(2)17-7-12-6-14(20-4-5-21(24)31-20)15(23(29)30-3)8-13(12)18-9-19(26)16(22(27)28)10-25(17)18/h4-6,8-11,17H,7H2,1-3H3,(H,27,28). The fourth-order valence-corrected chi connectivity index (χ4v) is 4.22. The summed E-state index contributed by atoms with van der Waals surface area (Å²) in [6.07, 6.45) is 1.98. The Bertz CT molecular complexity index is 1270. The van der Waals surface area contributed by atoms with Gasteiger partial charge in [0.2, 0.25) is 0 Å². The molecule has 0 aliphatic carbocycles. The van der Waals surface area contributed by atoms with Gasteiger partial charge in [0.25, 0.3) is 0 Å². The molecule has 0 fully saturated rings. The van der Waals surface area contributed by atoms with E-state index in [4.69, 9.17) is 20.8 Å². The molecule has 1 N–H and O–H groups in total. The van der Waals surface area contributed by atoms with Crippen molar-refractivity contribution in [3.05, 3.63) is 68.7 Å². The summed E-state index contributed by atoms with van der Waals surface area (Å²) in [6, 6.07) is 8.04. The maximum Gasteiger partial charge on any atom is 0.341 e. The molecular formula is C23H20ClNO6. The quantitative estimate of drug-likeness (QED) is 0.591. The smallest absolute Gasteiger partial charge is 0.341 e. The van der Waals surface area contributed by atoms with E-state index in [1.54, 1.807) is 18.2 Å². The molecule has 3 aromatic rings. The molecule has 0 amide bonds. The largest absolute Gasteiger partial charge is 0.477 e. The van der Waals surface area contributed by atoms with Crippen LogP contribution in [0.5, 0.6) is 0 Å². The molecule has 7 nitrogen and oxygen atoms in total. The number of aromatic carboxylic acids is 1. The number of hydrogen-bond acceptors (Lipinski definition) is 5. The summed E-state index contributed by atoms with van der Waals surface area (Å²) in [5.74, 6) is -1.24. The van der Waals surface area contributed by atoms with E-state index in [-0.39, 0.29) is 28.3 Å². The van der Waals surface area contributed by atoms with Crippen LogP contribution in [-0.4, -0.2) is 28.7 Å². The van der Waals surface area contributed by atoms with E-state index in [2.05, 4.69) is 0 Å². The van der Waals surface area contributed by atoms with Crippen molar-refractivity contribution < 1.29 is 23.8 Å². The number of methoxy groups -OCH3 is 1. The fourth-order valence-electron chi connectivity index (χ4n) is 4.07. The summed E-state index contributed by atoms with van der Waals surface area (Å²) < 4.78 is 12.3. The third kappa shape index (κ3) is 3.55. The first-order valence-corrected chi connectivity index (χ1v) is 10.1. The highest BCUT2D eigenvalue weighted by molar-refractivity contribution is 6.29. The molecule has 4 rings (SSSR count). The molecule has 1 atom stereocenters. The highest BCUT2D eigenvalue weighted by Crippen LogP contribution is 2.41. The van der Waals surface area contributed by atoms with Gasteiger partial charge in [0, 0.05) is 29.4 Å². The Morgan fingerprint density at radius 2 is 1.94 bits per heavy atom. The molecule has 0 saturated carbocycles. The number of fused-ring (bicyclic) bond motifs is 3. The van der Waals surface area contributed by atoms with E-state index < -0.39 is 17.4 Å². The third-order valence-electron chi connectivity index (χ3n) is 5.63. The first kappa shape index (κ1) is 20.9. The Labute approximate surface area is 182 Å². The molecule has 3 heterocycles. The summed E-state index contributed by atoms with van der Waals surface area (Å²) in [4.78, 5) is 36.5. The molecule has 0 spiro atoms. The van der Waals surface area contributed by atoms with Gasteiger partial charge in [-0.1, -0.05) is 13.8 Å². The minimum atomic E-state index is -1.27. The first-order chi connectivity index (χ1) is 14.7. The van der Waals surface area contributed by atoms with Gasteiger partial charge in [-0.2, -0.15) is 0 Å². The highest BCUT2D eigenvalue weighted by atomic mass is 35.5. The number of halogens is 1. The van der Waals surface area contributed by atoms with Gasteiger partial charge in [-0.3, -0.25) is 4.79 Å². The second kappa shape index (κ2) is 7.74. The number of carboxylic acids is 1. The summed E-state index contributed by atoms with van der Waals surface area (Å²) in [5, 5.41) is 9.60. The third-order valence-corrected chi connectivity index (χ3v) is 5.83. The second-order valence-electron chi connectivity index (χ2n) is 7.81. The summed E-state index contributed by atoms with van der Waals surface area (Å²) in [6.45, 7) is 4.07. The molecule has 1 aromatic carbocycles. The number of hydrogen-bond donors (Lipinski definition) is 1. The number of ether oxygens (including phenoxy) is 1. The van der Waals surface area contributed by atoms with Crippen molar-refractivity contribution in [2.24, 2.45) is 5.92 Å². The average molecular weight is 442 g/mol. The Hall–Kier alpha value is -3.32. The van der Waals surface area contributed by atoms with Crippen molar-refractivity contribution in [1.29, 1.82) is 0 Å². The SMILES string of the molecule is COC(=O)c1cc2c(cc1-c1ccc(Cl)o1)CC(C(C)C)n1cc(C(=O)O)c(=O)cc1-2. The lowest BCUT2D eigenvalue weighted by atomic mass is 9.84. The number of furan rings is 1. The van der Waals surface area contributed by atoms with E-state index in [1.165, 1.54) is 19.4 Å². The number of aromatic nitrogens is 1. The lowest BCUT2D eigenvalue weighted by Gasteiger charge is -2.33. The molecule has 1 unspecified atom stereocenters. The van der Waals surface area contributed by atoms with Crippen molar-refractivity contribution in [3.8, 4) is 22.6 Å². The van der Waals surface area contributed by atoms with Crippen LogP contribution in [0.2, 0.25) is 5.22 Å². The van der Waals surface area contributed by atoms with Crippen LogP contribution in [0.15, 0.2) is 45.7 Å². The lowest BCUT2D eigenvalue weighted by Crippen LogP contribution is -2.28.